The van der Waals surface area contributed by atoms with Crippen LogP contribution in [0.15, 0.2) is 24.3 Å². The molecule has 0 aliphatic heterocycles. The maximum atomic E-state index is 11.7. The van der Waals surface area contributed by atoms with Gasteiger partial charge in [-0.3, -0.25) is 0 Å². The zero-order valence-electron chi connectivity index (χ0n) is 9.97. The molecule has 1 aromatic carbocycles. The summed E-state index contributed by atoms with van der Waals surface area (Å²) < 4.78 is 9.97. The highest BCUT2D eigenvalue weighted by Crippen LogP contribution is 2.35. The number of esters is 1. The van der Waals surface area contributed by atoms with Crippen molar-refractivity contribution >= 4 is 22.4 Å². The van der Waals surface area contributed by atoms with Crippen LogP contribution in [-0.2, 0) is 4.74 Å². The van der Waals surface area contributed by atoms with Crippen LogP contribution in [0.25, 0.3) is 11.3 Å². The molecule has 0 spiro atoms. The summed E-state index contributed by atoms with van der Waals surface area (Å²) in [6.45, 7) is 0. The first-order chi connectivity index (χ1) is 8.67. The predicted octanol–water partition coefficient (Wildman–Crippen LogP) is 2.19. The van der Waals surface area contributed by atoms with E-state index in [2.05, 4.69) is 4.98 Å². The Labute approximate surface area is 108 Å². The van der Waals surface area contributed by atoms with Crippen LogP contribution >= 0.6 is 11.3 Å². The van der Waals surface area contributed by atoms with Gasteiger partial charge in [0.2, 0.25) is 0 Å². The van der Waals surface area contributed by atoms with E-state index in [1.165, 1.54) is 7.11 Å². The number of hydrogen-bond acceptors (Lipinski definition) is 6. The van der Waals surface area contributed by atoms with Gasteiger partial charge in [0.1, 0.15) is 16.3 Å². The van der Waals surface area contributed by atoms with Crippen LogP contribution < -0.4 is 10.5 Å². The van der Waals surface area contributed by atoms with E-state index in [-0.39, 0.29) is 0 Å². The fourth-order valence-electron chi connectivity index (χ4n) is 1.59. The van der Waals surface area contributed by atoms with Gasteiger partial charge in [-0.15, -0.1) is 0 Å². The SMILES string of the molecule is COC(=O)c1sc(N)nc1-c1ccccc1OC. The number of para-hydroxylation sites is 1. The molecular formula is C12H12N2O3S. The first-order valence-electron chi connectivity index (χ1n) is 5.15. The molecule has 0 unspecified atom stereocenters. The molecule has 0 aliphatic rings. The molecular weight excluding hydrogens is 252 g/mol. The van der Waals surface area contributed by atoms with Gasteiger partial charge in [-0.25, -0.2) is 9.78 Å². The van der Waals surface area contributed by atoms with Gasteiger partial charge in [0.25, 0.3) is 0 Å². The number of nitrogens with two attached hydrogens (primary N) is 1. The molecule has 0 atom stereocenters. The molecule has 0 saturated carbocycles. The molecule has 0 amide bonds. The van der Waals surface area contributed by atoms with Gasteiger partial charge in [-0.2, -0.15) is 0 Å². The predicted molar refractivity (Wildman–Crippen MR) is 69.9 cm³/mol. The van der Waals surface area contributed by atoms with Crippen molar-refractivity contribution in [2.24, 2.45) is 0 Å². The summed E-state index contributed by atoms with van der Waals surface area (Å²) >= 11 is 1.10. The van der Waals surface area contributed by atoms with Crippen LogP contribution in [0, 0.1) is 0 Å². The molecule has 0 bridgehead atoms. The Morgan fingerprint density at radius 3 is 2.72 bits per heavy atom. The Bertz CT molecular complexity index is 580. The zero-order valence-corrected chi connectivity index (χ0v) is 10.8. The van der Waals surface area contributed by atoms with Crippen LogP contribution in [0.4, 0.5) is 5.13 Å². The highest BCUT2D eigenvalue weighted by atomic mass is 32.1. The molecule has 2 aromatic rings. The molecule has 0 radical (unpaired) electrons. The van der Waals surface area contributed by atoms with Crippen molar-refractivity contribution in [3.05, 3.63) is 29.1 Å². The summed E-state index contributed by atoms with van der Waals surface area (Å²) in [5, 5.41) is 0.316. The topological polar surface area (TPSA) is 74.4 Å². The summed E-state index contributed by atoms with van der Waals surface area (Å²) in [5.74, 6) is 0.179. The quantitative estimate of drug-likeness (QED) is 0.860. The number of methoxy groups -OCH3 is 2. The van der Waals surface area contributed by atoms with E-state index in [9.17, 15) is 4.79 Å². The summed E-state index contributed by atoms with van der Waals surface area (Å²) in [6.07, 6.45) is 0. The number of hydrogen-bond donors (Lipinski definition) is 1. The summed E-state index contributed by atoms with van der Waals surface area (Å²) in [5.41, 5.74) is 6.86. The van der Waals surface area contributed by atoms with Gasteiger partial charge in [0, 0.05) is 5.56 Å². The van der Waals surface area contributed by atoms with E-state index in [1.807, 2.05) is 18.2 Å². The highest BCUT2D eigenvalue weighted by molar-refractivity contribution is 7.17. The molecule has 0 aliphatic carbocycles. The van der Waals surface area contributed by atoms with Crippen LogP contribution in [0.2, 0.25) is 0 Å². The van der Waals surface area contributed by atoms with Gasteiger partial charge in [-0.1, -0.05) is 23.5 Å². The Morgan fingerprint density at radius 1 is 1.33 bits per heavy atom. The molecule has 0 saturated heterocycles. The monoisotopic (exact) mass is 264 g/mol. The van der Waals surface area contributed by atoms with E-state index in [0.717, 1.165) is 11.3 Å². The average Bonchev–Trinajstić information content (AvgIpc) is 2.79. The highest BCUT2D eigenvalue weighted by Gasteiger charge is 2.21. The lowest BCUT2D eigenvalue weighted by Gasteiger charge is -2.06. The van der Waals surface area contributed by atoms with Crippen LogP contribution in [0.5, 0.6) is 5.75 Å². The Balaban J connectivity index is 2.60. The number of anilines is 1. The summed E-state index contributed by atoms with van der Waals surface area (Å²) in [4.78, 5) is 16.2. The van der Waals surface area contributed by atoms with Crippen molar-refractivity contribution < 1.29 is 14.3 Å². The Morgan fingerprint density at radius 2 is 2.06 bits per heavy atom. The lowest BCUT2D eigenvalue weighted by molar-refractivity contribution is 0.0607. The Hall–Kier alpha value is -2.08. The van der Waals surface area contributed by atoms with E-state index in [0.29, 0.717) is 27.0 Å². The molecule has 0 fully saturated rings. The van der Waals surface area contributed by atoms with Gasteiger partial charge >= 0.3 is 5.97 Å². The number of ether oxygens (including phenoxy) is 2. The maximum Gasteiger partial charge on any atom is 0.350 e. The molecule has 1 heterocycles. The number of thiazole rings is 1. The smallest absolute Gasteiger partial charge is 0.350 e. The molecule has 94 valence electrons. The van der Waals surface area contributed by atoms with E-state index in [4.69, 9.17) is 15.2 Å². The van der Waals surface area contributed by atoms with Crippen molar-refractivity contribution in [3.8, 4) is 17.0 Å². The van der Waals surface area contributed by atoms with E-state index < -0.39 is 5.97 Å². The van der Waals surface area contributed by atoms with Gasteiger partial charge < -0.3 is 15.2 Å². The van der Waals surface area contributed by atoms with Crippen molar-refractivity contribution in [1.29, 1.82) is 0 Å². The first kappa shape index (κ1) is 12.4. The number of aromatic nitrogens is 1. The molecule has 2 N–H and O–H groups in total. The largest absolute Gasteiger partial charge is 0.496 e. The number of rotatable bonds is 3. The normalized spacial score (nSPS) is 10.1. The van der Waals surface area contributed by atoms with Gasteiger partial charge in [0.15, 0.2) is 5.13 Å². The standard InChI is InChI=1S/C12H12N2O3S/c1-16-8-6-4-3-5-7(8)9-10(11(15)17-2)18-12(13)14-9/h3-6H,1-2H3,(H2,13,14). The van der Waals surface area contributed by atoms with Crippen molar-refractivity contribution in [2.45, 2.75) is 0 Å². The van der Waals surface area contributed by atoms with Crippen LogP contribution in [0.1, 0.15) is 9.67 Å². The number of nitrogens with zero attached hydrogens (tertiary/aromatic N) is 1. The van der Waals surface area contributed by atoms with Crippen molar-refractivity contribution in [3.63, 3.8) is 0 Å². The number of benzene rings is 1. The van der Waals surface area contributed by atoms with Crippen molar-refractivity contribution in [1.82, 2.24) is 4.98 Å². The lowest BCUT2D eigenvalue weighted by Crippen LogP contribution is -2.01. The Kier molecular flexibility index (Phi) is 3.47. The fraction of sp³-hybridized carbons (Fsp3) is 0.167. The molecule has 1 aromatic heterocycles. The van der Waals surface area contributed by atoms with Crippen molar-refractivity contribution in [2.75, 3.05) is 20.0 Å². The zero-order chi connectivity index (χ0) is 13.1. The molecule has 5 nitrogen and oxygen atoms in total. The van der Waals surface area contributed by atoms with E-state index in [1.54, 1.807) is 13.2 Å². The number of carbonyl (C=O) groups is 1. The fourth-order valence-corrected chi connectivity index (χ4v) is 2.36. The van der Waals surface area contributed by atoms with E-state index >= 15 is 0 Å². The second kappa shape index (κ2) is 5.05. The maximum absolute atomic E-state index is 11.7. The summed E-state index contributed by atoms with van der Waals surface area (Å²) in [6, 6.07) is 7.30. The third-order valence-corrected chi connectivity index (χ3v) is 3.24. The minimum Gasteiger partial charge on any atom is -0.496 e. The molecule has 2 rings (SSSR count). The van der Waals surface area contributed by atoms with Gasteiger partial charge in [0.05, 0.1) is 14.2 Å². The number of carbonyl (C=O) groups excluding carboxylic acids is 1. The number of nitrogen functional groups attached to an aromatic ring is 1. The second-order valence-electron chi connectivity index (χ2n) is 3.42. The minimum atomic E-state index is -0.454. The van der Waals surface area contributed by atoms with Crippen LogP contribution in [-0.4, -0.2) is 25.2 Å². The third-order valence-electron chi connectivity index (χ3n) is 2.38. The summed E-state index contributed by atoms with van der Waals surface area (Å²) in [7, 11) is 2.89. The molecule has 18 heavy (non-hydrogen) atoms. The third kappa shape index (κ3) is 2.14. The molecule has 6 heteroatoms. The lowest BCUT2D eigenvalue weighted by atomic mass is 10.1. The average molecular weight is 264 g/mol. The van der Waals surface area contributed by atoms with Crippen LogP contribution in [0.3, 0.4) is 0 Å². The minimum absolute atomic E-state index is 0.316. The first-order valence-corrected chi connectivity index (χ1v) is 5.97. The van der Waals surface area contributed by atoms with Gasteiger partial charge in [-0.05, 0) is 12.1 Å². The second-order valence-corrected chi connectivity index (χ2v) is 4.45.